The van der Waals surface area contributed by atoms with Gasteiger partial charge in [-0.2, -0.15) is 0 Å². The number of benzene rings is 6. The number of hydrogen-bond donors (Lipinski definition) is 0. The molecule has 3 aliphatic carbocycles. The molecule has 2 aliphatic heterocycles. The molecule has 0 saturated heterocycles. The van der Waals surface area contributed by atoms with Gasteiger partial charge in [0, 0.05) is 33.8 Å². The minimum Gasteiger partial charge on any atom is -0.456 e. The molecule has 7 aromatic rings. The SMILES string of the molecule is CC(C)(C)c1cc2c3c(c1)N(c1cccc4oc5ccccc5c14)c1cc4c(cc1B3c1cc3c(cc1N2c1ccc2c(c1)C(C)(C)CCC2(C)C)C(C)(C)CCC3(C)C)C(C)(C)CC4(C)C. The first-order chi connectivity index (χ1) is 31.3. The second-order valence-electron chi connectivity index (χ2n) is 26.7. The fourth-order valence-corrected chi connectivity index (χ4v) is 14.1. The maximum Gasteiger partial charge on any atom is 0.252 e. The van der Waals surface area contributed by atoms with Gasteiger partial charge in [-0.05, 0) is 180 Å². The second-order valence-corrected chi connectivity index (χ2v) is 26.7. The number of hydrogen-bond acceptors (Lipinski definition) is 3. The normalized spacial score (nSPS) is 20.8. The summed E-state index contributed by atoms with van der Waals surface area (Å²) in [5.74, 6) is 0. The first-order valence-electron chi connectivity index (χ1n) is 25.5. The maximum atomic E-state index is 6.70. The van der Waals surface area contributed by atoms with E-state index in [2.05, 4.69) is 211 Å². The van der Waals surface area contributed by atoms with Crippen molar-refractivity contribution in [3.63, 3.8) is 0 Å². The molecule has 0 radical (unpaired) electrons. The zero-order chi connectivity index (χ0) is 47.3. The molecule has 3 nitrogen and oxygen atoms in total. The molecule has 0 spiro atoms. The van der Waals surface area contributed by atoms with Gasteiger partial charge in [-0.1, -0.05) is 146 Å². The molecule has 0 unspecified atom stereocenters. The van der Waals surface area contributed by atoms with Gasteiger partial charge in [-0.25, -0.2) is 0 Å². The largest absolute Gasteiger partial charge is 0.456 e. The molecule has 342 valence electrons. The van der Waals surface area contributed by atoms with Crippen LogP contribution in [-0.2, 0) is 37.9 Å². The van der Waals surface area contributed by atoms with Crippen molar-refractivity contribution in [3.05, 3.63) is 136 Å². The van der Waals surface area contributed by atoms with Gasteiger partial charge in [0.2, 0.25) is 0 Å². The molecular formula is C63H71BN2O. The van der Waals surface area contributed by atoms with E-state index in [0.29, 0.717) is 0 Å². The molecule has 0 N–H and O–H groups in total. The molecule has 0 bridgehead atoms. The lowest BCUT2D eigenvalue weighted by Gasteiger charge is -2.48. The Kier molecular flexibility index (Phi) is 8.56. The lowest BCUT2D eigenvalue weighted by Crippen LogP contribution is -2.62. The number of fused-ring (bicyclic) bond motifs is 10. The summed E-state index contributed by atoms with van der Waals surface area (Å²) in [6, 6.07) is 38.8. The monoisotopic (exact) mass is 883 g/mol. The third-order valence-electron chi connectivity index (χ3n) is 18.1. The van der Waals surface area contributed by atoms with Crippen molar-refractivity contribution in [2.45, 2.75) is 174 Å². The number of rotatable bonds is 2. The Bertz CT molecular complexity index is 3290. The molecule has 0 amide bonds. The van der Waals surface area contributed by atoms with Gasteiger partial charge in [0.1, 0.15) is 11.2 Å². The van der Waals surface area contributed by atoms with Crippen molar-refractivity contribution < 1.29 is 4.42 Å². The van der Waals surface area contributed by atoms with E-state index < -0.39 is 0 Å². The van der Waals surface area contributed by atoms with E-state index in [1.54, 1.807) is 0 Å². The highest BCUT2D eigenvalue weighted by molar-refractivity contribution is 7.00. The van der Waals surface area contributed by atoms with Crippen molar-refractivity contribution in [1.82, 2.24) is 0 Å². The van der Waals surface area contributed by atoms with E-state index in [0.717, 1.165) is 23.0 Å². The summed E-state index contributed by atoms with van der Waals surface area (Å²) in [6.07, 6.45) is 5.85. The molecule has 4 heteroatoms. The summed E-state index contributed by atoms with van der Waals surface area (Å²) in [5, 5.41) is 2.33. The van der Waals surface area contributed by atoms with Crippen molar-refractivity contribution in [2.24, 2.45) is 0 Å². The van der Waals surface area contributed by atoms with Crippen molar-refractivity contribution in [1.29, 1.82) is 0 Å². The highest BCUT2D eigenvalue weighted by Gasteiger charge is 2.50. The van der Waals surface area contributed by atoms with Crippen LogP contribution < -0.4 is 26.2 Å². The molecule has 6 aromatic carbocycles. The molecule has 67 heavy (non-hydrogen) atoms. The summed E-state index contributed by atoms with van der Waals surface area (Å²) < 4.78 is 6.70. The standard InChI is InChI=1S/C63H71BN2O/c1-57(2,3)37-29-51-56-52(30-37)66(48-20-18-22-54-55(48)39-19-16-17-21-53(39)67-54)50-35-45-43(62(12,13)36-63(45,14)15)33-47(50)64(56)46-32-42-44(61(10,11)28-27-60(42,8)9)34-49(46)65(51)38-23-24-40-41(31-38)59(6,7)26-25-58(40,4)5/h16-24,29-35H,25-28,36H2,1-15H3. The van der Waals surface area contributed by atoms with Crippen molar-refractivity contribution in [2.75, 3.05) is 9.80 Å². The highest BCUT2D eigenvalue weighted by atomic mass is 16.3. The van der Waals surface area contributed by atoms with E-state index in [4.69, 9.17) is 4.42 Å². The second kappa shape index (κ2) is 13.3. The third kappa shape index (κ3) is 6.02. The zero-order valence-electron chi connectivity index (χ0n) is 43.2. The number of anilines is 6. The van der Waals surface area contributed by atoms with Gasteiger partial charge in [-0.3, -0.25) is 0 Å². The first kappa shape index (κ1) is 43.1. The smallest absolute Gasteiger partial charge is 0.252 e. The van der Waals surface area contributed by atoms with E-state index in [1.165, 1.54) is 121 Å². The molecular weight excluding hydrogens is 812 g/mol. The Morgan fingerprint density at radius 2 is 0.940 bits per heavy atom. The lowest BCUT2D eigenvalue weighted by molar-refractivity contribution is 0.332. The minimum absolute atomic E-state index is 0.0251. The molecule has 3 heterocycles. The van der Waals surface area contributed by atoms with Crippen LogP contribution in [0, 0.1) is 0 Å². The lowest BCUT2D eigenvalue weighted by atomic mass is 9.32. The molecule has 0 atom stereocenters. The fourth-order valence-electron chi connectivity index (χ4n) is 14.1. The van der Waals surface area contributed by atoms with Crippen LogP contribution in [0.5, 0.6) is 0 Å². The van der Waals surface area contributed by atoms with Crippen LogP contribution in [0.4, 0.5) is 34.1 Å². The van der Waals surface area contributed by atoms with Crippen LogP contribution in [0.1, 0.15) is 175 Å². The maximum absolute atomic E-state index is 6.70. The summed E-state index contributed by atoms with van der Waals surface area (Å²) >= 11 is 0. The van der Waals surface area contributed by atoms with E-state index >= 15 is 0 Å². The molecule has 12 rings (SSSR count). The van der Waals surface area contributed by atoms with Crippen LogP contribution in [0.15, 0.2) is 101 Å². The zero-order valence-corrected chi connectivity index (χ0v) is 43.2. The van der Waals surface area contributed by atoms with Gasteiger partial charge < -0.3 is 14.2 Å². The Morgan fingerprint density at radius 3 is 1.55 bits per heavy atom. The topological polar surface area (TPSA) is 19.6 Å². The number of nitrogens with zero attached hydrogens (tertiary/aromatic N) is 2. The van der Waals surface area contributed by atoms with Crippen molar-refractivity contribution in [3.8, 4) is 0 Å². The molecule has 0 saturated carbocycles. The van der Waals surface area contributed by atoms with Gasteiger partial charge in [0.25, 0.3) is 6.71 Å². The van der Waals surface area contributed by atoms with Crippen molar-refractivity contribution >= 4 is 79.2 Å². The fraction of sp³-hybridized carbons (Fsp3) is 0.429. The summed E-state index contributed by atoms with van der Waals surface area (Å²) in [5.41, 5.74) is 24.3. The highest BCUT2D eigenvalue weighted by Crippen LogP contribution is 2.56. The van der Waals surface area contributed by atoms with Crippen LogP contribution >= 0.6 is 0 Å². The summed E-state index contributed by atoms with van der Waals surface area (Å²) in [4.78, 5) is 5.41. The Morgan fingerprint density at radius 1 is 0.448 bits per heavy atom. The van der Waals surface area contributed by atoms with Gasteiger partial charge in [0.05, 0.1) is 11.1 Å². The van der Waals surface area contributed by atoms with Crippen LogP contribution in [0.2, 0.25) is 0 Å². The van der Waals surface area contributed by atoms with Gasteiger partial charge in [-0.15, -0.1) is 0 Å². The van der Waals surface area contributed by atoms with Gasteiger partial charge in [0.15, 0.2) is 0 Å². The van der Waals surface area contributed by atoms with Crippen LogP contribution in [-0.4, -0.2) is 6.71 Å². The van der Waals surface area contributed by atoms with Gasteiger partial charge >= 0.3 is 0 Å². The van der Waals surface area contributed by atoms with Crippen LogP contribution in [0.25, 0.3) is 21.9 Å². The average Bonchev–Trinajstić information content (AvgIpc) is 3.72. The number of para-hydroxylation sites is 1. The van der Waals surface area contributed by atoms with E-state index in [1.807, 2.05) is 0 Å². The summed E-state index contributed by atoms with van der Waals surface area (Å²) in [6.45, 7) is 37.0. The molecule has 1 aromatic heterocycles. The predicted molar refractivity (Wildman–Crippen MR) is 288 cm³/mol. The van der Waals surface area contributed by atoms with Crippen LogP contribution in [0.3, 0.4) is 0 Å². The predicted octanol–water partition coefficient (Wildman–Crippen LogP) is 15.6. The summed E-state index contributed by atoms with van der Waals surface area (Å²) in [7, 11) is 0. The average molecular weight is 883 g/mol. The third-order valence-corrected chi connectivity index (χ3v) is 18.1. The quantitative estimate of drug-likeness (QED) is 0.161. The first-order valence-corrected chi connectivity index (χ1v) is 25.5. The molecule has 0 fully saturated rings. The van der Waals surface area contributed by atoms with E-state index in [9.17, 15) is 0 Å². The Balaban J connectivity index is 1.26. The minimum atomic E-state index is -0.124. The molecule has 5 aliphatic rings. The Labute approximate surface area is 401 Å². The number of furan rings is 1. The Hall–Kier alpha value is -5.22. The van der Waals surface area contributed by atoms with E-state index in [-0.39, 0.29) is 44.6 Å².